The van der Waals surface area contributed by atoms with E-state index in [-0.39, 0.29) is 16.6 Å². The SMILES string of the molecule is CC(NS(=O)(=O)c1cccs1)C(=O)NC(COc1ccccc1F)c1ccccc1. The number of nitrogens with one attached hydrogen (secondary N) is 2. The van der Waals surface area contributed by atoms with Crippen molar-refractivity contribution in [2.45, 2.75) is 23.2 Å². The van der Waals surface area contributed by atoms with Gasteiger partial charge < -0.3 is 10.1 Å². The van der Waals surface area contributed by atoms with Crippen LogP contribution in [0.3, 0.4) is 0 Å². The van der Waals surface area contributed by atoms with Crippen LogP contribution in [0.25, 0.3) is 0 Å². The Labute approximate surface area is 178 Å². The predicted molar refractivity (Wildman–Crippen MR) is 113 cm³/mol. The zero-order chi connectivity index (χ0) is 21.6. The largest absolute Gasteiger partial charge is 0.488 e. The molecule has 0 spiro atoms. The minimum absolute atomic E-state index is 0.0267. The summed E-state index contributed by atoms with van der Waals surface area (Å²) in [5.74, 6) is -0.965. The lowest BCUT2D eigenvalue weighted by molar-refractivity contribution is -0.123. The molecule has 0 radical (unpaired) electrons. The molecule has 1 amide bonds. The standard InChI is InChI=1S/C21H21FN2O4S2/c1-15(24-30(26,27)20-12-7-13-29-20)21(25)23-18(16-8-3-2-4-9-16)14-28-19-11-6-5-10-17(19)22/h2-13,15,18,24H,14H2,1H3,(H,23,25). The van der Waals surface area contributed by atoms with Gasteiger partial charge in [-0.2, -0.15) is 4.72 Å². The summed E-state index contributed by atoms with van der Waals surface area (Å²) in [6.45, 7) is 1.43. The van der Waals surface area contributed by atoms with E-state index in [4.69, 9.17) is 4.74 Å². The van der Waals surface area contributed by atoms with Gasteiger partial charge in [0.25, 0.3) is 10.0 Å². The number of halogens is 1. The van der Waals surface area contributed by atoms with Crippen molar-refractivity contribution in [1.29, 1.82) is 0 Å². The Hall–Kier alpha value is -2.75. The number of sulfonamides is 1. The number of amides is 1. The summed E-state index contributed by atoms with van der Waals surface area (Å²) in [4.78, 5) is 12.7. The van der Waals surface area contributed by atoms with Crippen molar-refractivity contribution < 1.29 is 22.3 Å². The molecule has 2 N–H and O–H groups in total. The van der Waals surface area contributed by atoms with Crippen LogP contribution < -0.4 is 14.8 Å². The maximum Gasteiger partial charge on any atom is 0.250 e. The average Bonchev–Trinajstić information content (AvgIpc) is 3.28. The topological polar surface area (TPSA) is 84.5 Å². The molecule has 2 unspecified atom stereocenters. The van der Waals surface area contributed by atoms with E-state index in [1.54, 1.807) is 47.8 Å². The zero-order valence-corrected chi connectivity index (χ0v) is 17.8. The summed E-state index contributed by atoms with van der Waals surface area (Å²) >= 11 is 1.06. The Balaban J connectivity index is 1.70. The first-order valence-electron chi connectivity index (χ1n) is 9.15. The molecule has 158 valence electrons. The van der Waals surface area contributed by atoms with E-state index in [0.717, 1.165) is 16.9 Å². The molecule has 0 aliphatic heterocycles. The molecule has 0 aliphatic rings. The van der Waals surface area contributed by atoms with Crippen molar-refractivity contribution in [3.05, 3.63) is 83.5 Å². The van der Waals surface area contributed by atoms with Gasteiger partial charge in [0.1, 0.15) is 10.8 Å². The first-order valence-corrected chi connectivity index (χ1v) is 11.5. The fraction of sp³-hybridized carbons (Fsp3) is 0.190. The summed E-state index contributed by atoms with van der Waals surface area (Å²) in [7, 11) is -3.80. The number of ether oxygens (including phenoxy) is 1. The molecule has 0 bridgehead atoms. The highest BCUT2D eigenvalue weighted by Crippen LogP contribution is 2.20. The van der Waals surface area contributed by atoms with Gasteiger partial charge in [0, 0.05) is 0 Å². The van der Waals surface area contributed by atoms with E-state index in [9.17, 15) is 17.6 Å². The number of carbonyl (C=O) groups is 1. The maximum atomic E-state index is 13.9. The number of hydrogen-bond acceptors (Lipinski definition) is 5. The molecule has 0 saturated heterocycles. The van der Waals surface area contributed by atoms with Gasteiger partial charge in [0.05, 0.1) is 12.1 Å². The van der Waals surface area contributed by atoms with Gasteiger partial charge >= 0.3 is 0 Å². The Bertz CT molecular complexity index is 1070. The summed E-state index contributed by atoms with van der Waals surface area (Å²) in [5.41, 5.74) is 0.746. The number of benzene rings is 2. The van der Waals surface area contributed by atoms with Crippen LogP contribution in [0.4, 0.5) is 4.39 Å². The molecule has 0 fully saturated rings. The molecule has 6 nitrogen and oxygen atoms in total. The van der Waals surface area contributed by atoms with Crippen molar-refractivity contribution >= 4 is 27.3 Å². The Morgan fingerprint density at radius 2 is 1.77 bits per heavy atom. The van der Waals surface area contributed by atoms with E-state index >= 15 is 0 Å². The van der Waals surface area contributed by atoms with Gasteiger partial charge in [0.2, 0.25) is 5.91 Å². The summed E-state index contributed by atoms with van der Waals surface area (Å²) < 4.78 is 46.7. The van der Waals surface area contributed by atoms with Crippen molar-refractivity contribution in [2.75, 3.05) is 6.61 Å². The minimum atomic E-state index is -3.80. The smallest absolute Gasteiger partial charge is 0.250 e. The van der Waals surface area contributed by atoms with Crippen LogP contribution in [-0.4, -0.2) is 27.0 Å². The average molecular weight is 449 g/mol. The van der Waals surface area contributed by atoms with E-state index in [2.05, 4.69) is 10.0 Å². The van der Waals surface area contributed by atoms with Crippen LogP contribution in [0.5, 0.6) is 5.75 Å². The first kappa shape index (κ1) is 21.9. The van der Waals surface area contributed by atoms with Crippen LogP contribution in [0, 0.1) is 5.82 Å². The number of carbonyl (C=O) groups excluding carboxylic acids is 1. The fourth-order valence-electron chi connectivity index (χ4n) is 2.70. The number of para-hydroxylation sites is 1. The Morgan fingerprint density at radius 3 is 2.43 bits per heavy atom. The molecule has 3 aromatic rings. The summed E-state index contributed by atoms with van der Waals surface area (Å²) in [6.07, 6.45) is 0. The van der Waals surface area contributed by atoms with Crippen LogP contribution >= 0.6 is 11.3 Å². The third-order valence-corrected chi connectivity index (χ3v) is 7.18. The Morgan fingerprint density at radius 1 is 1.07 bits per heavy atom. The van der Waals surface area contributed by atoms with Crippen molar-refractivity contribution in [3.8, 4) is 5.75 Å². The van der Waals surface area contributed by atoms with Crippen LogP contribution in [0.15, 0.2) is 76.3 Å². The van der Waals surface area contributed by atoms with Gasteiger partial charge in [-0.1, -0.05) is 48.5 Å². The summed E-state index contributed by atoms with van der Waals surface area (Å²) in [6, 6.07) is 16.5. The van der Waals surface area contributed by atoms with Gasteiger partial charge in [-0.25, -0.2) is 12.8 Å². The highest BCUT2D eigenvalue weighted by atomic mass is 32.2. The molecule has 9 heteroatoms. The first-order chi connectivity index (χ1) is 14.4. The molecule has 30 heavy (non-hydrogen) atoms. The van der Waals surface area contributed by atoms with Gasteiger partial charge in [-0.15, -0.1) is 11.3 Å². The number of rotatable bonds is 9. The quantitative estimate of drug-likeness (QED) is 0.525. The molecular formula is C21H21FN2O4S2. The lowest BCUT2D eigenvalue weighted by atomic mass is 10.1. The molecule has 2 aromatic carbocycles. The van der Waals surface area contributed by atoms with Crippen molar-refractivity contribution in [2.24, 2.45) is 0 Å². The lowest BCUT2D eigenvalue weighted by Gasteiger charge is -2.22. The second kappa shape index (κ2) is 9.84. The number of thiophene rings is 1. The van der Waals surface area contributed by atoms with Crippen molar-refractivity contribution in [1.82, 2.24) is 10.0 Å². The van der Waals surface area contributed by atoms with Crippen LogP contribution in [0.1, 0.15) is 18.5 Å². The van der Waals surface area contributed by atoms with Gasteiger partial charge in [0.15, 0.2) is 11.6 Å². The molecule has 2 atom stereocenters. The predicted octanol–water partition coefficient (Wildman–Crippen LogP) is 3.49. The third-order valence-electron chi connectivity index (χ3n) is 4.25. The van der Waals surface area contributed by atoms with E-state index in [1.165, 1.54) is 25.1 Å². The molecule has 1 aromatic heterocycles. The second-order valence-electron chi connectivity index (χ2n) is 6.49. The maximum absolute atomic E-state index is 13.9. The van der Waals surface area contributed by atoms with E-state index < -0.39 is 33.8 Å². The molecule has 3 rings (SSSR count). The van der Waals surface area contributed by atoms with Crippen LogP contribution in [-0.2, 0) is 14.8 Å². The highest BCUT2D eigenvalue weighted by Gasteiger charge is 2.25. The van der Waals surface area contributed by atoms with Gasteiger partial charge in [-0.3, -0.25) is 4.79 Å². The number of hydrogen-bond donors (Lipinski definition) is 2. The van der Waals surface area contributed by atoms with Crippen molar-refractivity contribution in [3.63, 3.8) is 0 Å². The minimum Gasteiger partial charge on any atom is -0.488 e. The van der Waals surface area contributed by atoms with E-state index in [1.807, 2.05) is 6.07 Å². The van der Waals surface area contributed by atoms with E-state index in [0.29, 0.717) is 0 Å². The van der Waals surface area contributed by atoms with Crippen LogP contribution in [0.2, 0.25) is 0 Å². The molecule has 0 aliphatic carbocycles. The normalized spacial score (nSPS) is 13.4. The third kappa shape index (κ3) is 5.65. The zero-order valence-electron chi connectivity index (χ0n) is 16.1. The molecule has 0 saturated carbocycles. The van der Waals surface area contributed by atoms with Gasteiger partial charge in [-0.05, 0) is 36.1 Å². The fourth-order valence-corrected chi connectivity index (χ4v) is 4.91. The monoisotopic (exact) mass is 448 g/mol. The second-order valence-corrected chi connectivity index (χ2v) is 9.38. The lowest BCUT2D eigenvalue weighted by Crippen LogP contribution is -2.46. The highest BCUT2D eigenvalue weighted by molar-refractivity contribution is 7.91. The summed E-state index contributed by atoms with van der Waals surface area (Å²) in [5, 5.41) is 4.42. The Kier molecular flexibility index (Phi) is 7.20. The molecular weight excluding hydrogens is 427 g/mol. The molecule has 1 heterocycles.